The van der Waals surface area contributed by atoms with Crippen LogP contribution in [0.2, 0.25) is 0 Å². The maximum absolute atomic E-state index is 11.5. The van der Waals surface area contributed by atoms with Gasteiger partial charge in [0.25, 0.3) is 0 Å². The van der Waals surface area contributed by atoms with E-state index in [0.29, 0.717) is 13.1 Å². The SMILES string of the molecule is CN(C)N(CCCCCCN(C(=O)NN)N(C)C)C(=O)NN. The average Bonchev–Trinajstić information content (AvgIpc) is 2.47. The molecule has 0 aromatic carbocycles. The van der Waals surface area contributed by atoms with E-state index in [1.807, 2.05) is 0 Å². The Kier molecular flexibility index (Phi) is 10.2. The summed E-state index contributed by atoms with van der Waals surface area (Å²) in [7, 11) is 7.15. The number of amides is 4. The Morgan fingerprint density at radius 1 is 0.727 bits per heavy atom. The highest BCUT2D eigenvalue weighted by molar-refractivity contribution is 5.73. The molecule has 22 heavy (non-hydrogen) atoms. The summed E-state index contributed by atoms with van der Waals surface area (Å²) in [5, 5.41) is 6.46. The van der Waals surface area contributed by atoms with Crippen molar-refractivity contribution in [1.29, 1.82) is 0 Å². The van der Waals surface area contributed by atoms with Crippen LogP contribution in [0.25, 0.3) is 0 Å². The molecule has 0 aromatic rings. The standard InChI is InChI=1S/C12H30N8O2/c1-17(2)19(11(21)15-13)9-7-5-6-8-10-20(18(3)4)12(22)16-14/h5-10,13-14H2,1-4H3,(H,15,21)(H,16,22). The zero-order chi connectivity index (χ0) is 17.1. The molecule has 0 aliphatic heterocycles. The second-order valence-corrected chi connectivity index (χ2v) is 5.25. The first-order chi connectivity index (χ1) is 10.3. The number of unbranched alkanes of at least 4 members (excludes halogenated alkanes) is 3. The minimum absolute atomic E-state index is 0.330. The van der Waals surface area contributed by atoms with Crippen molar-refractivity contribution in [3.05, 3.63) is 0 Å². The number of hydrogen-bond donors (Lipinski definition) is 4. The van der Waals surface area contributed by atoms with Crippen molar-refractivity contribution in [2.45, 2.75) is 25.7 Å². The molecular weight excluding hydrogens is 288 g/mol. The van der Waals surface area contributed by atoms with E-state index in [4.69, 9.17) is 11.7 Å². The number of nitrogens with two attached hydrogens (primary N) is 2. The van der Waals surface area contributed by atoms with Crippen molar-refractivity contribution in [3.8, 4) is 0 Å². The Hall–Kier alpha value is -1.62. The molecule has 0 atom stereocenters. The van der Waals surface area contributed by atoms with Gasteiger partial charge in [-0.25, -0.2) is 31.3 Å². The van der Waals surface area contributed by atoms with Gasteiger partial charge >= 0.3 is 12.1 Å². The molecule has 0 aromatic heterocycles. The lowest BCUT2D eigenvalue weighted by atomic mass is 10.2. The largest absolute Gasteiger partial charge is 0.346 e. The Morgan fingerprint density at radius 3 is 1.27 bits per heavy atom. The van der Waals surface area contributed by atoms with Crippen LogP contribution in [-0.2, 0) is 0 Å². The molecule has 0 spiro atoms. The van der Waals surface area contributed by atoms with Crippen LogP contribution in [-0.4, -0.2) is 73.4 Å². The Balaban J connectivity index is 3.97. The summed E-state index contributed by atoms with van der Waals surface area (Å²) in [5.74, 6) is 10.3. The predicted molar refractivity (Wildman–Crippen MR) is 84.7 cm³/mol. The van der Waals surface area contributed by atoms with E-state index in [9.17, 15) is 9.59 Å². The van der Waals surface area contributed by atoms with Crippen LogP contribution in [0, 0.1) is 0 Å². The van der Waals surface area contributed by atoms with Crippen molar-refractivity contribution < 1.29 is 9.59 Å². The number of carbonyl (C=O) groups is 2. The maximum Gasteiger partial charge on any atom is 0.346 e. The fourth-order valence-electron chi connectivity index (χ4n) is 1.99. The molecule has 0 bridgehead atoms. The van der Waals surface area contributed by atoms with Crippen LogP contribution in [0.5, 0.6) is 0 Å². The number of nitrogens with one attached hydrogen (secondary N) is 2. The third-order valence-corrected chi connectivity index (χ3v) is 3.17. The van der Waals surface area contributed by atoms with Crippen LogP contribution in [0.4, 0.5) is 9.59 Å². The molecule has 0 aliphatic rings. The summed E-state index contributed by atoms with van der Waals surface area (Å²) in [6.45, 7) is 1.19. The van der Waals surface area contributed by atoms with E-state index in [0.717, 1.165) is 25.7 Å². The van der Waals surface area contributed by atoms with Gasteiger partial charge in [0.1, 0.15) is 0 Å². The first-order valence-corrected chi connectivity index (χ1v) is 7.25. The smallest absolute Gasteiger partial charge is 0.275 e. The lowest BCUT2D eigenvalue weighted by Crippen LogP contribution is -2.50. The van der Waals surface area contributed by atoms with Crippen LogP contribution in [0.15, 0.2) is 0 Å². The minimum atomic E-state index is -0.330. The number of hydrogen-bond acceptors (Lipinski definition) is 6. The summed E-state index contributed by atoms with van der Waals surface area (Å²) in [6.07, 6.45) is 3.62. The van der Waals surface area contributed by atoms with Gasteiger partial charge < -0.3 is 0 Å². The van der Waals surface area contributed by atoms with Crippen LogP contribution >= 0.6 is 0 Å². The lowest BCUT2D eigenvalue weighted by Gasteiger charge is -2.29. The Labute approximate surface area is 132 Å². The zero-order valence-electron chi connectivity index (χ0n) is 14.0. The molecule has 0 rings (SSSR count). The van der Waals surface area contributed by atoms with Gasteiger partial charge in [0, 0.05) is 41.3 Å². The van der Waals surface area contributed by atoms with Gasteiger partial charge in [0.15, 0.2) is 0 Å². The van der Waals surface area contributed by atoms with Gasteiger partial charge in [-0.3, -0.25) is 20.9 Å². The summed E-state index contributed by atoms with van der Waals surface area (Å²) in [4.78, 5) is 23.1. The quantitative estimate of drug-likeness (QED) is 0.192. The van der Waals surface area contributed by atoms with Gasteiger partial charge in [-0.15, -0.1) is 0 Å². The first kappa shape index (κ1) is 20.4. The highest BCUT2D eigenvalue weighted by atomic mass is 16.2. The normalized spacial score (nSPS) is 10.7. The monoisotopic (exact) mass is 318 g/mol. The molecule has 4 amide bonds. The van der Waals surface area contributed by atoms with Gasteiger partial charge in [-0.1, -0.05) is 12.8 Å². The lowest BCUT2D eigenvalue weighted by molar-refractivity contribution is 0.0574. The summed E-state index contributed by atoms with van der Waals surface area (Å²) in [6, 6.07) is -0.660. The maximum atomic E-state index is 11.5. The molecule has 0 aliphatic carbocycles. The van der Waals surface area contributed by atoms with Gasteiger partial charge in [-0.05, 0) is 12.8 Å². The van der Waals surface area contributed by atoms with Crippen molar-refractivity contribution >= 4 is 12.1 Å². The highest BCUT2D eigenvalue weighted by Crippen LogP contribution is 2.05. The highest BCUT2D eigenvalue weighted by Gasteiger charge is 2.15. The summed E-state index contributed by atoms with van der Waals surface area (Å²) in [5.41, 5.74) is 4.24. The molecule has 0 unspecified atom stereocenters. The van der Waals surface area contributed by atoms with Crippen molar-refractivity contribution in [2.75, 3.05) is 41.3 Å². The van der Waals surface area contributed by atoms with Crippen molar-refractivity contribution in [2.24, 2.45) is 11.7 Å². The van der Waals surface area contributed by atoms with E-state index in [2.05, 4.69) is 10.9 Å². The molecule has 10 heteroatoms. The Morgan fingerprint density at radius 2 is 1.05 bits per heavy atom. The molecular formula is C12H30N8O2. The van der Waals surface area contributed by atoms with E-state index in [-0.39, 0.29) is 12.1 Å². The number of urea groups is 2. The number of nitrogens with zero attached hydrogens (tertiary/aromatic N) is 4. The van der Waals surface area contributed by atoms with E-state index in [1.165, 1.54) is 10.0 Å². The molecule has 0 fully saturated rings. The van der Waals surface area contributed by atoms with Crippen LogP contribution < -0.4 is 22.5 Å². The van der Waals surface area contributed by atoms with Gasteiger partial charge in [-0.2, -0.15) is 0 Å². The molecule has 6 N–H and O–H groups in total. The van der Waals surface area contributed by atoms with E-state index >= 15 is 0 Å². The topological polar surface area (TPSA) is 123 Å². The minimum Gasteiger partial charge on any atom is -0.275 e. The number of rotatable bonds is 9. The van der Waals surface area contributed by atoms with E-state index < -0.39 is 0 Å². The molecule has 0 radical (unpaired) electrons. The summed E-state index contributed by atoms with van der Waals surface area (Å²) >= 11 is 0. The first-order valence-electron chi connectivity index (χ1n) is 7.25. The second kappa shape index (κ2) is 11.0. The average molecular weight is 318 g/mol. The number of carbonyl (C=O) groups excluding carboxylic acids is 2. The predicted octanol–water partition coefficient (Wildman–Crippen LogP) is -0.729. The van der Waals surface area contributed by atoms with Crippen LogP contribution in [0.1, 0.15) is 25.7 Å². The van der Waals surface area contributed by atoms with Crippen molar-refractivity contribution in [3.63, 3.8) is 0 Å². The van der Waals surface area contributed by atoms with E-state index in [1.54, 1.807) is 38.2 Å². The molecule has 0 heterocycles. The van der Waals surface area contributed by atoms with Crippen LogP contribution in [0.3, 0.4) is 0 Å². The zero-order valence-corrected chi connectivity index (χ0v) is 14.0. The van der Waals surface area contributed by atoms with Gasteiger partial charge in [0.2, 0.25) is 0 Å². The molecule has 0 saturated heterocycles. The molecule has 130 valence electrons. The summed E-state index contributed by atoms with van der Waals surface area (Å²) < 4.78 is 0. The second-order valence-electron chi connectivity index (χ2n) is 5.25. The van der Waals surface area contributed by atoms with Gasteiger partial charge in [0.05, 0.1) is 0 Å². The fourth-order valence-corrected chi connectivity index (χ4v) is 1.99. The third kappa shape index (κ3) is 7.41. The fraction of sp³-hybridized carbons (Fsp3) is 0.833. The number of hydrazine groups is 4. The molecule has 0 saturated carbocycles. The van der Waals surface area contributed by atoms with Crippen molar-refractivity contribution in [1.82, 2.24) is 30.9 Å². The molecule has 10 nitrogen and oxygen atoms in total. The Bertz CT molecular complexity index is 305. The third-order valence-electron chi connectivity index (χ3n) is 3.17.